The second-order valence-corrected chi connectivity index (χ2v) is 11.9. The Hall–Kier alpha value is -6.98. The minimum absolute atomic E-state index is 0.233. The van der Waals surface area contributed by atoms with Gasteiger partial charge in [0.25, 0.3) is 0 Å². The molecule has 5 aromatic carbocycles. The monoisotopic (exact) mass is 659 g/mol. The topological polar surface area (TPSA) is 110 Å². The Morgan fingerprint density at radius 2 is 1.06 bits per heavy atom. The molecule has 0 fully saturated rings. The van der Waals surface area contributed by atoms with E-state index < -0.39 is 0 Å². The van der Waals surface area contributed by atoms with Crippen LogP contribution in [0.2, 0.25) is 0 Å². The van der Waals surface area contributed by atoms with Crippen molar-refractivity contribution in [2.45, 2.75) is 0 Å². The van der Waals surface area contributed by atoms with E-state index in [0.717, 1.165) is 50.3 Å². The lowest BCUT2D eigenvalue weighted by molar-refractivity contribution is 1.28. The summed E-state index contributed by atoms with van der Waals surface area (Å²) in [5.41, 5.74) is 18.0. The van der Waals surface area contributed by atoms with Crippen molar-refractivity contribution in [2.75, 3.05) is 5.73 Å². The minimum Gasteiger partial charge on any atom is -0.399 e. The van der Waals surface area contributed by atoms with Gasteiger partial charge in [-0.1, -0.05) is 146 Å². The molecule has 5 heteroatoms. The number of anilines is 1. The molecule has 5 nitrogen and oxygen atoms in total. The van der Waals surface area contributed by atoms with Crippen molar-refractivity contribution in [1.82, 2.24) is 4.98 Å². The zero-order chi connectivity index (χ0) is 35.6. The summed E-state index contributed by atoms with van der Waals surface area (Å²) in [4.78, 5) is 4.47. The van der Waals surface area contributed by atoms with Crippen molar-refractivity contribution >= 4 is 34.0 Å². The van der Waals surface area contributed by atoms with Crippen LogP contribution in [0.15, 0.2) is 189 Å². The van der Waals surface area contributed by atoms with Gasteiger partial charge >= 0.3 is 0 Å². The van der Waals surface area contributed by atoms with E-state index in [2.05, 4.69) is 72.2 Å². The third-order valence-electron chi connectivity index (χ3n) is 8.40. The molecular formula is C46H37N5. The molecule has 0 aliphatic heterocycles. The molecule has 0 bridgehead atoms. The van der Waals surface area contributed by atoms with Gasteiger partial charge in [0.2, 0.25) is 0 Å². The van der Waals surface area contributed by atoms with Crippen molar-refractivity contribution in [3.8, 4) is 33.5 Å². The molecule has 1 aromatic heterocycles. The zero-order valence-corrected chi connectivity index (χ0v) is 28.1. The van der Waals surface area contributed by atoms with Crippen molar-refractivity contribution < 1.29 is 0 Å². The summed E-state index contributed by atoms with van der Waals surface area (Å²) in [7, 11) is 0. The van der Waals surface area contributed by atoms with Crippen molar-refractivity contribution in [3.05, 3.63) is 205 Å². The van der Waals surface area contributed by atoms with Gasteiger partial charge in [-0.3, -0.25) is 16.2 Å². The fourth-order valence-corrected chi connectivity index (χ4v) is 5.64. The van der Waals surface area contributed by atoms with E-state index in [9.17, 15) is 0 Å². The zero-order valence-electron chi connectivity index (χ0n) is 28.1. The summed E-state index contributed by atoms with van der Waals surface area (Å²) in [6.07, 6.45) is 8.83. The average Bonchev–Trinajstić information content (AvgIpc) is 3.19. The largest absolute Gasteiger partial charge is 0.399 e. The first-order valence-corrected chi connectivity index (χ1v) is 16.5. The third kappa shape index (κ3) is 8.37. The van der Waals surface area contributed by atoms with Crippen LogP contribution < -0.4 is 5.73 Å². The maximum absolute atomic E-state index is 8.47. The van der Waals surface area contributed by atoms with Crippen LogP contribution in [0.3, 0.4) is 0 Å². The number of benzene rings is 5. The first-order valence-electron chi connectivity index (χ1n) is 16.5. The van der Waals surface area contributed by atoms with Crippen LogP contribution in [0, 0.1) is 16.2 Å². The predicted molar refractivity (Wildman–Crippen MR) is 215 cm³/mol. The van der Waals surface area contributed by atoms with Crippen LogP contribution in [-0.4, -0.2) is 22.1 Å². The Bertz CT molecular complexity index is 2280. The average molecular weight is 660 g/mol. The summed E-state index contributed by atoms with van der Waals surface area (Å²) in [6, 6.07) is 50.3. The van der Waals surface area contributed by atoms with Crippen LogP contribution in [-0.2, 0) is 0 Å². The fraction of sp³-hybridized carbons (Fsp3) is 0. The Balaban J connectivity index is 0.000000202. The molecule has 6 aromatic rings. The third-order valence-corrected chi connectivity index (χ3v) is 8.40. The van der Waals surface area contributed by atoms with E-state index in [1.165, 1.54) is 11.1 Å². The van der Waals surface area contributed by atoms with Gasteiger partial charge in [-0.05, 0) is 81.4 Å². The maximum Gasteiger partial charge on any atom is 0.0886 e. The van der Waals surface area contributed by atoms with E-state index in [0.29, 0.717) is 11.4 Å². The number of aromatic nitrogens is 1. The second kappa shape index (κ2) is 15.9. The van der Waals surface area contributed by atoms with Crippen LogP contribution in [0.4, 0.5) is 5.69 Å². The molecular weight excluding hydrogens is 623 g/mol. The fourth-order valence-electron chi connectivity index (χ4n) is 5.64. The molecule has 1 aliphatic carbocycles. The second-order valence-electron chi connectivity index (χ2n) is 11.9. The first kappa shape index (κ1) is 33.9. The number of pyridine rings is 1. The molecule has 0 saturated carbocycles. The van der Waals surface area contributed by atoms with E-state index in [1.54, 1.807) is 24.3 Å². The van der Waals surface area contributed by atoms with Crippen LogP contribution >= 0.6 is 0 Å². The van der Waals surface area contributed by atoms with Crippen molar-refractivity contribution in [3.63, 3.8) is 0 Å². The molecule has 5 N–H and O–H groups in total. The van der Waals surface area contributed by atoms with E-state index >= 15 is 0 Å². The van der Waals surface area contributed by atoms with Gasteiger partial charge in [-0.2, -0.15) is 0 Å². The molecule has 0 saturated heterocycles. The highest BCUT2D eigenvalue weighted by Gasteiger charge is 2.18. The van der Waals surface area contributed by atoms with Crippen LogP contribution in [0.5, 0.6) is 0 Å². The molecule has 0 unspecified atom stereocenters. The Kier molecular flexibility index (Phi) is 10.6. The number of rotatable bonds is 8. The SMILES string of the molecule is C=C/C=C\C(=N)c1cccc(-c2ccc(N)cc2)n1.N=C1C=C(c2ccc(-c3ccccc3)cc2)C=C(c2ccc(-c3ccccc3)cc2)C1=N. The number of allylic oxidation sites excluding steroid dienone is 7. The van der Waals surface area contributed by atoms with Gasteiger partial charge in [0.1, 0.15) is 0 Å². The van der Waals surface area contributed by atoms with Crippen molar-refractivity contribution in [2.24, 2.45) is 0 Å². The van der Waals surface area contributed by atoms with Gasteiger partial charge in [0, 0.05) is 16.8 Å². The molecule has 0 radical (unpaired) electrons. The van der Waals surface area contributed by atoms with E-state index in [4.69, 9.17) is 22.0 Å². The minimum atomic E-state index is 0.233. The normalized spacial score (nSPS) is 12.4. The molecule has 246 valence electrons. The van der Waals surface area contributed by atoms with E-state index in [-0.39, 0.29) is 11.4 Å². The first-order chi connectivity index (χ1) is 24.9. The van der Waals surface area contributed by atoms with Gasteiger partial charge in [0.15, 0.2) is 0 Å². The number of nitrogens with one attached hydrogen (secondary N) is 3. The molecule has 1 aliphatic rings. The summed E-state index contributed by atoms with van der Waals surface area (Å²) in [6.45, 7) is 3.58. The molecule has 7 rings (SSSR count). The lowest BCUT2D eigenvalue weighted by Gasteiger charge is -2.17. The number of hydrogen-bond acceptors (Lipinski definition) is 5. The highest BCUT2D eigenvalue weighted by Crippen LogP contribution is 2.31. The van der Waals surface area contributed by atoms with Gasteiger partial charge in [-0.25, -0.2) is 4.98 Å². The molecule has 0 amide bonds. The van der Waals surface area contributed by atoms with Crippen LogP contribution in [0.25, 0.3) is 44.7 Å². The standard InChI is InChI=1S/C30H22N2.C16H15N3/c31-29-20-27(25-13-11-23(12-14-25)21-7-3-1-4-8-21)19-28(30(29)32)26-17-15-24(16-18-26)22-9-5-2-6-10-22;1-2-3-5-14(18)16-7-4-6-15(19-16)12-8-10-13(17)11-9-12/h1-20,31-32H;2-11,18H,1,17H2/b;5-3-,18-14?. The summed E-state index contributed by atoms with van der Waals surface area (Å²) in [5, 5.41) is 24.7. The highest BCUT2D eigenvalue weighted by molar-refractivity contribution is 6.61. The highest BCUT2D eigenvalue weighted by atomic mass is 14.7. The number of nitrogen functional groups attached to an aromatic ring is 1. The Labute approximate surface area is 299 Å². The predicted octanol–water partition coefficient (Wildman–Crippen LogP) is 11.0. The Morgan fingerprint density at radius 1 is 0.549 bits per heavy atom. The van der Waals surface area contributed by atoms with Gasteiger partial charge < -0.3 is 5.73 Å². The number of nitrogens with zero attached hydrogens (tertiary/aromatic N) is 1. The maximum atomic E-state index is 8.47. The lowest BCUT2D eigenvalue weighted by atomic mass is 9.87. The lowest BCUT2D eigenvalue weighted by Crippen LogP contribution is -2.15. The molecule has 0 atom stereocenters. The number of hydrogen-bond donors (Lipinski definition) is 4. The van der Waals surface area contributed by atoms with Gasteiger partial charge in [0.05, 0.1) is 28.5 Å². The Morgan fingerprint density at radius 3 is 1.63 bits per heavy atom. The molecule has 1 heterocycles. The summed E-state index contributed by atoms with van der Waals surface area (Å²) < 4.78 is 0. The summed E-state index contributed by atoms with van der Waals surface area (Å²) >= 11 is 0. The molecule has 51 heavy (non-hydrogen) atoms. The summed E-state index contributed by atoms with van der Waals surface area (Å²) in [5.74, 6) is 0. The number of nitrogens with two attached hydrogens (primary N) is 1. The van der Waals surface area contributed by atoms with E-state index in [1.807, 2.05) is 97.1 Å². The smallest absolute Gasteiger partial charge is 0.0886 e. The van der Waals surface area contributed by atoms with Crippen LogP contribution in [0.1, 0.15) is 16.8 Å². The van der Waals surface area contributed by atoms with Crippen molar-refractivity contribution in [1.29, 1.82) is 16.2 Å². The quantitative estimate of drug-likeness (QED) is 0.0564. The van der Waals surface area contributed by atoms with Gasteiger partial charge in [-0.15, -0.1) is 0 Å². The molecule has 0 spiro atoms.